The fourth-order valence-corrected chi connectivity index (χ4v) is 8.90. The summed E-state index contributed by atoms with van der Waals surface area (Å²) in [6.45, 7) is 8.55. The zero-order valence-corrected chi connectivity index (χ0v) is 28.7. The maximum absolute atomic E-state index is 14.0. The summed E-state index contributed by atoms with van der Waals surface area (Å²) in [6, 6.07) is 31.3. The molecule has 4 aromatic rings. The molecule has 0 bridgehead atoms. The molecule has 3 aliphatic rings. The van der Waals surface area contributed by atoms with E-state index >= 15 is 0 Å². The van der Waals surface area contributed by atoms with Gasteiger partial charge in [0, 0.05) is 66.9 Å². The Labute approximate surface area is 288 Å². The molecule has 0 aliphatic carbocycles. The van der Waals surface area contributed by atoms with Crippen LogP contribution in [0.3, 0.4) is 0 Å². The maximum Gasteiger partial charge on any atom is 0.254 e. The summed E-state index contributed by atoms with van der Waals surface area (Å²) in [6.07, 6.45) is 2.54. The minimum absolute atomic E-state index is 0.0963. The van der Waals surface area contributed by atoms with Crippen molar-refractivity contribution in [2.45, 2.75) is 47.9 Å². The molecular formula is C40H44N4O3S. The predicted octanol–water partition coefficient (Wildman–Crippen LogP) is 6.38. The maximum atomic E-state index is 14.0. The first-order chi connectivity index (χ1) is 23.5. The number of amides is 2. The van der Waals surface area contributed by atoms with Crippen LogP contribution in [0.15, 0.2) is 101 Å². The number of hydrogen-bond donors (Lipinski definition) is 1. The first-order valence-electron chi connectivity index (χ1n) is 17.2. The molecule has 1 saturated heterocycles. The number of hydrogen-bond acceptors (Lipinski definition) is 6. The van der Waals surface area contributed by atoms with Crippen molar-refractivity contribution in [3.05, 3.63) is 119 Å². The summed E-state index contributed by atoms with van der Waals surface area (Å²) in [4.78, 5) is 36.9. The van der Waals surface area contributed by atoms with Crippen LogP contribution >= 0.6 is 11.8 Å². The zero-order chi connectivity index (χ0) is 33.1. The predicted molar refractivity (Wildman–Crippen MR) is 192 cm³/mol. The Morgan fingerprint density at radius 3 is 2.31 bits per heavy atom. The van der Waals surface area contributed by atoms with Gasteiger partial charge in [-0.15, -0.1) is 0 Å². The van der Waals surface area contributed by atoms with Crippen molar-refractivity contribution in [1.29, 1.82) is 0 Å². The van der Waals surface area contributed by atoms with Gasteiger partial charge in [0.05, 0.1) is 7.11 Å². The van der Waals surface area contributed by atoms with Crippen molar-refractivity contribution in [1.82, 2.24) is 15.1 Å². The van der Waals surface area contributed by atoms with Gasteiger partial charge in [-0.05, 0) is 91.4 Å². The van der Waals surface area contributed by atoms with Crippen LogP contribution < -0.4 is 15.0 Å². The SMILES string of the molecule is CCNC(=O)C1(CCCN2CCN(c3ccc4c(c3)C(=O)N(Cc3cccc(OC)c3)CC4)CC2)c2ccccc2Sc2ccccc21. The van der Waals surface area contributed by atoms with Crippen molar-refractivity contribution in [2.75, 3.05) is 57.8 Å². The molecule has 1 N–H and O–H groups in total. The molecule has 8 heteroatoms. The van der Waals surface area contributed by atoms with E-state index in [1.54, 1.807) is 18.9 Å². The van der Waals surface area contributed by atoms with Gasteiger partial charge < -0.3 is 19.9 Å². The molecule has 4 aromatic carbocycles. The van der Waals surface area contributed by atoms with Crippen LogP contribution in [0.5, 0.6) is 5.75 Å². The van der Waals surface area contributed by atoms with Crippen LogP contribution in [0.4, 0.5) is 5.69 Å². The van der Waals surface area contributed by atoms with Crippen LogP contribution in [0.25, 0.3) is 0 Å². The molecule has 0 radical (unpaired) electrons. The van der Waals surface area contributed by atoms with Gasteiger partial charge in [-0.25, -0.2) is 0 Å². The van der Waals surface area contributed by atoms with E-state index in [1.165, 1.54) is 9.79 Å². The van der Waals surface area contributed by atoms with Crippen LogP contribution in [0, 0.1) is 0 Å². The number of carbonyl (C=O) groups is 2. The van der Waals surface area contributed by atoms with E-state index in [1.807, 2.05) is 36.1 Å². The number of ether oxygens (including phenoxy) is 1. The molecule has 0 unspecified atom stereocenters. The van der Waals surface area contributed by atoms with E-state index in [4.69, 9.17) is 4.74 Å². The van der Waals surface area contributed by atoms with Gasteiger partial charge in [-0.2, -0.15) is 0 Å². The second-order valence-corrected chi connectivity index (χ2v) is 14.0. The minimum atomic E-state index is -0.702. The Morgan fingerprint density at radius 2 is 1.60 bits per heavy atom. The number of methoxy groups -OCH3 is 1. The largest absolute Gasteiger partial charge is 0.497 e. The van der Waals surface area contributed by atoms with Crippen molar-refractivity contribution in [3.8, 4) is 5.75 Å². The number of benzene rings is 4. The molecule has 7 rings (SSSR count). The number of carbonyl (C=O) groups excluding carboxylic acids is 2. The van der Waals surface area contributed by atoms with E-state index in [-0.39, 0.29) is 11.8 Å². The summed E-state index contributed by atoms with van der Waals surface area (Å²) < 4.78 is 5.39. The van der Waals surface area contributed by atoms with Crippen LogP contribution in [0.2, 0.25) is 0 Å². The highest BCUT2D eigenvalue weighted by atomic mass is 32.2. The number of fused-ring (bicyclic) bond motifs is 3. The summed E-state index contributed by atoms with van der Waals surface area (Å²) >= 11 is 1.77. The Bertz CT molecular complexity index is 1760. The number of rotatable bonds is 10. The molecule has 2 amide bonds. The van der Waals surface area contributed by atoms with Crippen molar-refractivity contribution in [2.24, 2.45) is 0 Å². The van der Waals surface area contributed by atoms with Gasteiger partial charge in [-0.3, -0.25) is 14.5 Å². The third-order valence-electron chi connectivity index (χ3n) is 10.2. The number of anilines is 1. The zero-order valence-electron chi connectivity index (χ0n) is 27.9. The molecule has 0 atom stereocenters. The van der Waals surface area contributed by atoms with E-state index in [2.05, 4.69) is 81.8 Å². The third kappa shape index (κ3) is 6.19. The first kappa shape index (κ1) is 32.3. The fraction of sp³-hybridized carbons (Fsp3) is 0.350. The van der Waals surface area contributed by atoms with Crippen LogP contribution in [-0.4, -0.2) is 74.5 Å². The summed E-state index contributed by atoms with van der Waals surface area (Å²) in [5.41, 5.74) is 5.69. The highest BCUT2D eigenvalue weighted by Crippen LogP contribution is 2.51. The lowest BCUT2D eigenvalue weighted by Gasteiger charge is -2.40. The van der Waals surface area contributed by atoms with Gasteiger partial charge in [-0.1, -0.05) is 66.4 Å². The number of piperazine rings is 1. The fourth-order valence-electron chi connectivity index (χ4n) is 7.66. The Morgan fingerprint density at radius 1 is 0.875 bits per heavy atom. The minimum Gasteiger partial charge on any atom is -0.497 e. The third-order valence-corrected chi connectivity index (χ3v) is 11.3. The highest BCUT2D eigenvalue weighted by Gasteiger charge is 2.46. The molecule has 1 fully saturated rings. The van der Waals surface area contributed by atoms with Gasteiger partial charge in [0.25, 0.3) is 5.91 Å². The normalized spacial score (nSPS) is 16.9. The van der Waals surface area contributed by atoms with E-state index in [0.717, 1.165) is 97.8 Å². The highest BCUT2D eigenvalue weighted by molar-refractivity contribution is 7.99. The average Bonchev–Trinajstić information content (AvgIpc) is 3.13. The number of nitrogens with zero attached hydrogens (tertiary/aromatic N) is 3. The standard InChI is InChI=1S/C40H44N4O3S/c1-3-41-39(46)40(34-12-4-6-14-36(34)48-37-15-7-5-13-35(37)40)19-9-20-42-22-24-43(25-23-42)31-17-16-30-18-21-44(38(45)33(30)27-31)28-29-10-8-11-32(26-29)47-2/h4-8,10-17,26-27H,3,9,18-25,28H2,1-2H3,(H,41,46). The van der Waals surface area contributed by atoms with Gasteiger partial charge >= 0.3 is 0 Å². The van der Waals surface area contributed by atoms with Crippen molar-refractivity contribution in [3.63, 3.8) is 0 Å². The average molecular weight is 661 g/mol. The molecule has 3 aliphatic heterocycles. The molecule has 0 saturated carbocycles. The molecular weight excluding hydrogens is 617 g/mol. The topological polar surface area (TPSA) is 65.1 Å². The molecule has 248 valence electrons. The van der Waals surface area contributed by atoms with Gasteiger partial charge in [0.2, 0.25) is 5.91 Å². The Hall–Kier alpha value is -4.27. The summed E-state index contributed by atoms with van der Waals surface area (Å²) in [7, 11) is 1.67. The van der Waals surface area contributed by atoms with Crippen LogP contribution in [0.1, 0.15) is 52.4 Å². The quantitative estimate of drug-likeness (QED) is 0.213. The second-order valence-electron chi connectivity index (χ2n) is 13.0. The van der Waals surface area contributed by atoms with E-state index in [9.17, 15) is 9.59 Å². The van der Waals surface area contributed by atoms with Crippen molar-refractivity contribution >= 4 is 29.3 Å². The lowest BCUT2D eigenvalue weighted by atomic mass is 9.70. The Kier molecular flexibility index (Phi) is 9.46. The van der Waals surface area contributed by atoms with E-state index in [0.29, 0.717) is 13.1 Å². The lowest BCUT2D eigenvalue weighted by Crippen LogP contribution is -2.49. The van der Waals surface area contributed by atoms with Crippen molar-refractivity contribution < 1.29 is 14.3 Å². The monoisotopic (exact) mass is 660 g/mol. The second kappa shape index (κ2) is 14.1. The smallest absolute Gasteiger partial charge is 0.254 e. The van der Waals surface area contributed by atoms with Gasteiger partial charge in [0.15, 0.2) is 0 Å². The molecule has 7 nitrogen and oxygen atoms in total. The molecule has 0 spiro atoms. The summed E-state index contributed by atoms with van der Waals surface area (Å²) in [5, 5.41) is 3.19. The molecule has 3 heterocycles. The first-order valence-corrected chi connectivity index (χ1v) is 18.0. The molecule has 48 heavy (non-hydrogen) atoms. The van der Waals surface area contributed by atoms with Gasteiger partial charge in [0.1, 0.15) is 11.2 Å². The lowest BCUT2D eigenvalue weighted by molar-refractivity contribution is -0.125. The molecule has 0 aromatic heterocycles. The van der Waals surface area contributed by atoms with Crippen LogP contribution in [-0.2, 0) is 23.2 Å². The number of nitrogens with one attached hydrogen (secondary N) is 1. The Balaban J connectivity index is 1.00. The van der Waals surface area contributed by atoms with E-state index < -0.39 is 5.41 Å². The summed E-state index contributed by atoms with van der Waals surface area (Å²) in [5.74, 6) is 1.01. The number of likely N-dealkylation sites (N-methyl/N-ethyl adjacent to an activating group) is 1.